The summed E-state index contributed by atoms with van der Waals surface area (Å²) in [7, 11) is 0. The summed E-state index contributed by atoms with van der Waals surface area (Å²) < 4.78 is 2.34. The third kappa shape index (κ3) is 3.97. The standard InChI is InChI=1S/C42H32N2/c1-3-11-29(12-4-1)30-19-23-34(24-20-30)44-40-18-10-8-16-36(40)38-26-22-32(28-42(38)44)31-21-25-37-35-15-7-9-17-39(35)43(41(37)27-31)33-13-5-2-6-14-33/h1-8,11-16,19-27,32,36,40H,10,18,28H2. The highest BCUT2D eigenvalue weighted by Crippen LogP contribution is 2.49. The molecule has 3 aliphatic rings. The molecule has 2 heteroatoms. The summed E-state index contributed by atoms with van der Waals surface area (Å²) in [4.78, 5) is 2.68. The van der Waals surface area contributed by atoms with Crippen LogP contribution in [0.5, 0.6) is 0 Å². The Morgan fingerprint density at radius 3 is 2.34 bits per heavy atom. The van der Waals surface area contributed by atoms with Gasteiger partial charge < -0.3 is 9.47 Å². The Morgan fingerprint density at radius 2 is 1.50 bits per heavy atom. The summed E-state index contributed by atoms with van der Waals surface area (Å²) in [5.74, 6) is 0.769. The van der Waals surface area contributed by atoms with Crippen molar-refractivity contribution in [2.24, 2.45) is 5.92 Å². The van der Waals surface area contributed by atoms with E-state index in [9.17, 15) is 0 Å². The van der Waals surface area contributed by atoms with Crippen molar-refractivity contribution in [1.29, 1.82) is 0 Å². The number of rotatable bonds is 4. The van der Waals surface area contributed by atoms with Crippen LogP contribution in [-0.4, -0.2) is 10.6 Å². The Morgan fingerprint density at radius 1 is 0.705 bits per heavy atom. The van der Waals surface area contributed by atoms with E-state index in [-0.39, 0.29) is 0 Å². The van der Waals surface area contributed by atoms with E-state index in [2.05, 4.69) is 155 Å². The molecule has 6 aromatic rings. The lowest BCUT2D eigenvalue weighted by Crippen LogP contribution is -2.35. The van der Waals surface area contributed by atoms with Crippen molar-refractivity contribution in [3.05, 3.63) is 169 Å². The molecule has 0 amide bonds. The summed E-state index contributed by atoms with van der Waals surface area (Å²) in [6, 6.07) is 48.9. The molecule has 2 heterocycles. The largest absolute Gasteiger partial charge is 0.341 e. The van der Waals surface area contributed by atoms with Crippen LogP contribution in [0.3, 0.4) is 0 Å². The van der Waals surface area contributed by atoms with Gasteiger partial charge in [-0.3, -0.25) is 0 Å². The zero-order valence-corrected chi connectivity index (χ0v) is 24.5. The van der Waals surface area contributed by atoms with Crippen molar-refractivity contribution < 1.29 is 0 Å². The molecule has 9 rings (SSSR count). The van der Waals surface area contributed by atoms with E-state index >= 15 is 0 Å². The maximum atomic E-state index is 3.41. The molecule has 0 N–H and O–H groups in total. The number of anilines is 1. The zero-order chi connectivity index (χ0) is 29.0. The molecule has 0 fully saturated rings. The van der Waals surface area contributed by atoms with Gasteiger partial charge >= 0.3 is 0 Å². The van der Waals surface area contributed by atoms with Crippen LogP contribution in [0.2, 0.25) is 0 Å². The molecule has 210 valence electrons. The SMILES string of the molecule is c1ccc2c3ccc(C4C=CC5=C(C4)N(c4ccc(-c6ccccc6)cc4)C4CCC=CC54)cc3n(-c3ccccc3)c2c#1. The summed E-state index contributed by atoms with van der Waals surface area (Å²) in [5.41, 5.74) is 11.6. The summed E-state index contributed by atoms with van der Waals surface area (Å²) >= 11 is 0. The fourth-order valence-electron chi connectivity index (χ4n) is 7.82. The third-order valence-corrected chi connectivity index (χ3v) is 9.87. The first-order chi connectivity index (χ1) is 21.8. The maximum absolute atomic E-state index is 3.41. The quantitative estimate of drug-likeness (QED) is 0.193. The molecule has 0 saturated heterocycles. The summed E-state index contributed by atoms with van der Waals surface area (Å²) in [6.07, 6.45) is 13.1. The minimum Gasteiger partial charge on any atom is -0.341 e. The van der Waals surface area contributed by atoms with E-state index in [0.717, 1.165) is 24.0 Å². The molecule has 0 radical (unpaired) electrons. The molecule has 44 heavy (non-hydrogen) atoms. The van der Waals surface area contributed by atoms with Gasteiger partial charge in [0.1, 0.15) is 5.52 Å². The highest BCUT2D eigenvalue weighted by atomic mass is 15.2. The van der Waals surface area contributed by atoms with Crippen molar-refractivity contribution in [2.75, 3.05) is 4.90 Å². The fourth-order valence-corrected chi connectivity index (χ4v) is 7.82. The predicted molar refractivity (Wildman–Crippen MR) is 182 cm³/mol. The normalized spacial score (nSPS) is 20.6. The molecule has 1 aromatic heterocycles. The van der Waals surface area contributed by atoms with Crippen LogP contribution in [0, 0.1) is 18.1 Å². The van der Waals surface area contributed by atoms with Gasteiger partial charge in [-0.25, -0.2) is 0 Å². The minimum absolute atomic E-state index is 0.311. The van der Waals surface area contributed by atoms with Crippen molar-refractivity contribution in [2.45, 2.75) is 31.2 Å². The van der Waals surface area contributed by atoms with Crippen LogP contribution in [0.25, 0.3) is 38.6 Å². The van der Waals surface area contributed by atoms with E-state index < -0.39 is 0 Å². The average Bonchev–Trinajstić information content (AvgIpc) is 3.61. The number of allylic oxidation sites excluding steroid dienone is 4. The number of nitrogens with zero attached hydrogens (tertiary/aromatic N) is 2. The van der Waals surface area contributed by atoms with Gasteiger partial charge in [0.2, 0.25) is 0 Å². The number of aromatic nitrogens is 1. The lowest BCUT2D eigenvalue weighted by atomic mass is 9.82. The average molecular weight is 565 g/mol. The van der Waals surface area contributed by atoms with Crippen LogP contribution in [0.1, 0.15) is 30.7 Å². The topological polar surface area (TPSA) is 8.17 Å². The van der Waals surface area contributed by atoms with Gasteiger partial charge in [0.25, 0.3) is 0 Å². The van der Waals surface area contributed by atoms with Gasteiger partial charge in [0.05, 0.1) is 5.52 Å². The Bertz CT molecular complexity index is 2090. The maximum Gasteiger partial charge on any atom is 0.105 e. The first kappa shape index (κ1) is 25.3. The van der Waals surface area contributed by atoms with Gasteiger partial charge in [-0.05, 0) is 90.1 Å². The second-order valence-electron chi connectivity index (χ2n) is 12.3. The fraction of sp³-hybridized carbons (Fsp3) is 0.143. The van der Waals surface area contributed by atoms with Crippen LogP contribution in [0.15, 0.2) is 151 Å². The van der Waals surface area contributed by atoms with E-state index in [0.29, 0.717) is 17.9 Å². The molecular formula is C42H32N2. The molecule has 2 aliphatic carbocycles. The Hall–Kier alpha value is -5.26. The molecular weight excluding hydrogens is 532 g/mol. The van der Waals surface area contributed by atoms with Crippen molar-refractivity contribution in [3.8, 4) is 16.8 Å². The second-order valence-corrected chi connectivity index (χ2v) is 12.3. The number of hydrogen-bond donors (Lipinski definition) is 0. The number of fused-ring (bicyclic) bond motifs is 5. The smallest absolute Gasteiger partial charge is 0.105 e. The van der Waals surface area contributed by atoms with Crippen LogP contribution < -0.4 is 4.90 Å². The van der Waals surface area contributed by atoms with Crippen LogP contribution in [0.4, 0.5) is 5.69 Å². The van der Waals surface area contributed by atoms with Crippen molar-refractivity contribution >= 4 is 27.5 Å². The third-order valence-electron chi connectivity index (χ3n) is 9.87. The minimum atomic E-state index is 0.311. The molecule has 3 unspecified atom stereocenters. The molecule has 2 nitrogen and oxygen atoms in total. The van der Waals surface area contributed by atoms with Crippen molar-refractivity contribution in [1.82, 2.24) is 4.57 Å². The Labute approximate surface area is 258 Å². The number of benzene rings is 4. The van der Waals surface area contributed by atoms with Crippen LogP contribution >= 0.6 is 0 Å². The molecule has 3 atom stereocenters. The van der Waals surface area contributed by atoms with Crippen molar-refractivity contribution in [3.63, 3.8) is 0 Å². The van der Waals surface area contributed by atoms with E-state index in [1.54, 1.807) is 0 Å². The summed E-state index contributed by atoms with van der Waals surface area (Å²) in [6.45, 7) is 0. The first-order valence-corrected chi connectivity index (χ1v) is 15.8. The molecule has 1 aliphatic heterocycles. The molecule has 0 spiro atoms. The van der Waals surface area contributed by atoms with Gasteiger partial charge in [-0.15, -0.1) is 0 Å². The highest BCUT2D eigenvalue weighted by molar-refractivity contribution is 6.08. The first-order valence-electron chi connectivity index (χ1n) is 15.8. The van der Waals surface area contributed by atoms with Gasteiger partial charge in [0, 0.05) is 45.7 Å². The molecule has 0 saturated carbocycles. The number of hydrogen-bond acceptors (Lipinski definition) is 1. The second kappa shape index (κ2) is 10.2. The van der Waals surface area contributed by atoms with Gasteiger partial charge in [0.15, 0.2) is 0 Å². The lowest BCUT2D eigenvalue weighted by molar-refractivity contribution is 0.524. The predicted octanol–water partition coefficient (Wildman–Crippen LogP) is 10.2. The lowest BCUT2D eigenvalue weighted by Gasteiger charge is -2.34. The molecule has 5 aromatic carbocycles. The summed E-state index contributed by atoms with van der Waals surface area (Å²) in [5, 5.41) is 2.48. The van der Waals surface area contributed by atoms with Crippen LogP contribution in [-0.2, 0) is 0 Å². The number of para-hydroxylation sites is 1. The van der Waals surface area contributed by atoms with Gasteiger partial charge in [-0.2, -0.15) is 0 Å². The van der Waals surface area contributed by atoms with E-state index in [1.807, 2.05) is 6.07 Å². The van der Waals surface area contributed by atoms with E-state index in [1.165, 1.54) is 56.4 Å². The molecule has 0 bridgehead atoms. The Kier molecular flexibility index (Phi) is 5.84. The Balaban J connectivity index is 1.11. The van der Waals surface area contributed by atoms with Gasteiger partial charge in [-0.1, -0.05) is 103 Å². The zero-order valence-electron chi connectivity index (χ0n) is 24.5. The van der Waals surface area contributed by atoms with E-state index in [4.69, 9.17) is 0 Å². The highest BCUT2D eigenvalue weighted by Gasteiger charge is 2.41. The monoisotopic (exact) mass is 564 g/mol.